The first-order valence-electron chi connectivity index (χ1n) is 5.97. The van der Waals surface area contributed by atoms with Crippen molar-refractivity contribution in [2.45, 2.75) is 19.2 Å². The summed E-state index contributed by atoms with van der Waals surface area (Å²) in [5.41, 5.74) is 1.17. The molecular weight excluding hydrogens is 264 g/mol. The van der Waals surface area contributed by atoms with E-state index in [4.69, 9.17) is 11.6 Å². The molecule has 0 saturated carbocycles. The largest absolute Gasteiger partial charge is 0.292 e. The molecule has 0 aliphatic rings. The van der Waals surface area contributed by atoms with Crippen LogP contribution in [0.15, 0.2) is 35.1 Å². The van der Waals surface area contributed by atoms with Crippen LogP contribution in [0, 0.1) is 6.92 Å². The Morgan fingerprint density at radius 2 is 1.84 bits per heavy atom. The molecule has 0 bridgehead atoms. The van der Waals surface area contributed by atoms with Crippen molar-refractivity contribution < 1.29 is 4.79 Å². The fraction of sp³-hybridized carbons (Fsp3) is 0.286. The van der Waals surface area contributed by atoms with E-state index in [0.29, 0.717) is 5.69 Å². The second-order valence-electron chi connectivity index (χ2n) is 4.42. The van der Waals surface area contributed by atoms with Crippen molar-refractivity contribution in [1.82, 2.24) is 9.36 Å². The van der Waals surface area contributed by atoms with E-state index < -0.39 is 5.38 Å². The maximum Gasteiger partial charge on any atom is 0.282 e. The van der Waals surface area contributed by atoms with Crippen LogP contribution in [0.2, 0.25) is 0 Å². The molecule has 1 unspecified atom stereocenters. The molecule has 4 nitrogen and oxygen atoms in total. The highest BCUT2D eigenvalue weighted by Crippen LogP contribution is 2.13. The average molecular weight is 279 g/mol. The van der Waals surface area contributed by atoms with E-state index in [9.17, 15) is 9.59 Å². The summed E-state index contributed by atoms with van der Waals surface area (Å²) in [4.78, 5) is 24.4. The topological polar surface area (TPSA) is 44.0 Å². The van der Waals surface area contributed by atoms with Crippen LogP contribution in [0.5, 0.6) is 0 Å². The molecule has 2 rings (SSSR count). The van der Waals surface area contributed by atoms with Crippen LogP contribution in [0.4, 0.5) is 0 Å². The molecular formula is C14H15ClN2O2. The van der Waals surface area contributed by atoms with Gasteiger partial charge in [0.25, 0.3) is 5.56 Å². The van der Waals surface area contributed by atoms with Crippen LogP contribution in [-0.2, 0) is 7.05 Å². The maximum absolute atomic E-state index is 12.4. The van der Waals surface area contributed by atoms with Crippen LogP contribution >= 0.6 is 11.6 Å². The van der Waals surface area contributed by atoms with Gasteiger partial charge in [0.05, 0.1) is 11.1 Å². The number of hydrogen-bond acceptors (Lipinski definition) is 2. The lowest BCUT2D eigenvalue weighted by Gasteiger charge is -2.07. The van der Waals surface area contributed by atoms with Crippen molar-refractivity contribution in [2.24, 2.45) is 7.05 Å². The Labute approximate surface area is 116 Å². The number of halogens is 1. The summed E-state index contributed by atoms with van der Waals surface area (Å²) in [5.74, 6) is -0.338. The number of rotatable bonds is 3. The van der Waals surface area contributed by atoms with Gasteiger partial charge in [-0.3, -0.25) is 14.3 Å². The third-order valence-electron chi connectivity index (χ3n) is 3.16. The normalized spacial score (nSPS) is 12.4. The van der Waals surface area contributed by atoms with E-state index in [2.05, 4.69) is 0 Å². The Bertz CT molecular complexity index is 669. The molecule has 0 fully saturated rings. The minimum absolute atomic E-state index is 0.161. The van der Waals surface area contributed by atoms with Crippen LogP contribution in [0.25, 0.3) is 5.69 Å². The van der Waals surface area contributed by atoms with Gasteiger partial charge in [-0.1, -0.05) is 18.2 Å². The number of carbonyl (C=O) groups excluding carboxylic acids is 1. The number of carbonyl (C=O) groups is 1. The van der Waals surface area contributed by atoms with E-state index in [1.54, 1.807) is 25.6 Å². The van der Waals surface area contributed by atoms with Gasteiger partial charge in [0, 0.05) is 12.7 Å². The molecule has 2 aromatic rings. The summed E-state index contributed by atoms with van der Waals surface area (Å²) < 4.78 is 3.14. The Hall–Kier alpha value is -1.81. The average Bonchev–Trinajstić information content (AvgIpc) is 2.61. The van der Waals surface area contributed by atoms with E-state index in [1.165, 1.54) is 4.68 Å². The number of alkyl halides is 1. The minimum atomic E-state index is -0.710. The highest BCUT2D eigenvalue weighted by atomic mass is 35.5. The number of benzene rings is 1. The van der Waals surface area contributed by atoms with Crippen molar-refractivity contribution in [3.63, 3.8) is 0 Å². The third kappa shape index (κ3) is 2.24. The summed E-state index contributed by atoms with van der Waals surface area (Å²) in [6.45, 7) is 3.32. The molecule has 1 atom stereocenters. The second-order valence-corrected chi connectivity index (χ2v) is 5.07. The Morgan fingerprint density at radius 1 is 1.26 bits per heavy atom. The van der Waals surface area contributed by atoms with Crippen LogP contribution in [0.3, 0.4) is 0 Å². The zero-order chi connectivity index (χ0) is 14.2. The fourth-order valence-corrected chi connectivity index (χ4v) is 2.16. The molecule has 0 aliphatic carbocycles. The molecule has 5 heteroatoms. The van der Waals surface area contributed by atoms with Crippen molar-refractivity contribution in [3.8, 4) is 5.69 Å². The fourth-order valence-electron chi connectivity index (χ4n) is 2.05. The van der Waals surface area contributed by atoms with Gasteiger partial charge in [0.1, 0.15) is 5.56 Å². The molecule has 19 heavy (non-hydrogen) atoms. The molecule has 0 saturated heterocycles. The molecule has 100 valence electrons. The number of ketones is 1. The molecule has 1 aromatic carbocycles. The lowest BCUT2D eigenvalue weighted by atomic mass is 10.1. The summed E-state index contributed by atoms with van der Waals surface area (Å²) in [7, 11) is 1.75. The van der Waals surface area contributed by atoms with E-state index >= 15 is 0 Å². The third-order valence-corrected chi connectivity index (χ3v) is 3.36. The first kappa shape index (κ1) is 13.6. The van der Waals surface area contributed by atoms with Gasteiger partial charge in [0.2, 0.25) is 0 Å². The highest BCUT2D eigenvalue weighted by molar-refractivity contribution is 6.33. The maximum atomic E-state index is 12.4. The molecule has 0 N–H and O–H groups in total. The minimum Gasteiger partial charge on any atom is -0.292 e. The zero-order valence-electron chi connectivity index (χ0n) is 11.1. The molecule has 0 amide bonds. The quantitative estimate of drug-likeness (QED) is 0.639. The Morgan fingerprint density at radius 3 is 2.37 bits per heavy atom. The van der Waals surface area contributed by atoms with Gasteiger partial charge in [-0.05, 0) is 26.0 Å². The highest BCUT2D eigenvalue weighted by Gasteiger charge is 2.24. The summed E-state index contributed by atoms with van der Waals surface area (Å²) in [6.07, 6.45) is 0. The van der Waals surface area contributed by atoms with Gasteiger partial charge in [-0.25, -0.2) is 4.68 Å². The van der Waals surface area contributed by atoms with Crippen molar-refractivity contribution >= 4 is 17.4 Å². The van der Waals surface area contributed by atoms with Gasteiger partial charge in [-0.2, -0.15) is 0 Å². The van der Waals surface area contributed by atoms with Gasteiger partial charge >= 0.3 is 0 Å². The van der Waals surface area contributed by atoms with Crippen LogP contribution in [-0.4, -0.2) is 20.5 Å². The number of para-hydroxylation sites is 1. The van der Waals surface area contributed by atoms with Crippen molar-refractivity contribution in [1.29, 1.82) is 0 Å². The van der Waals surface area contributed by atoms with Crippen LogP contribution < -0.4 is 5.56 Å². The first-order valence-corrected chi connectivity index (χ1v) is 6.41. The van der Waals surface area contributed by atoms with Crippen molar-refractivity contribution in [2.75, 3.05) is 0 Å². The number of aromatic nitrogens is 2. The van der Waals surface area contributed by atoms with E-state index in [-0.39, 0.29) is 16.9 Å². The van der Waals surface area contributed by atoms with Crippen LogP contribution in [0.1, 0.15) is 23.0 Å². The lowest BCUT2D eigenvalue weighted by molar-refractivity contribution is 0.0990. The monoisotopic (exact) mass is 278 g/mol. The number of nitrogens with zero attached hydrogens (tertiary/aromatic N) is 2. The first-order chi connectivity index (χ1) is 8.95. The predicted molar refractivity (Wildman–Crippen MR) is 75.4 cm³/mol. The van der Waals surface area contributed by atoms with Gasteiger partial charge in [-0.15, -0.1) is 11.6 Å². The second kappa shape index (κ2) is 5.05. The van der Waals surface area contributed by atoms with Gasteiger partial charge in [0.15, 0.2) is 5.78 Å². The van der Waals surface area contributed by atoms with E-state index in [0.717, 1.165) is 5.69 Å². The molecule has 1 aromatic heterocycles. The molecule has 0 spiro atoms. The van der Waals surface area contributed by atoms with E-state index in [1.807, 2.05) is 30.3 Å². The summed E-state index contributed by atoms with van der Waals surface area (Å²) in [6, 6.07) is 9.20. The molecule has 0 radical (unpaired) electrons. The summed E-state index contributed by atoms with van der Waals surface area (Å²) >= 11 is 5.81. The Kier molecular flexibility index (Phi) is 3.62. The number of hydrogen-bond donors (Lipinski definition) is 0. The summed E-state index contributed by atoms with van der Waals surface area (Å²) in [5, 5.41) is -0.710. The molecule has 0 aliphatic heterocycles. The SMILES string of the molecule is Cc1c(C(=O)C(C)Cl)c(=O)n(-c2ccccc2)n1C. The smallest absolute Gasteiger partial charge is 0.282 e. The van der Waals surface area contributed by atoms with Crippen molar-refractivity contribution in [3.05, 3.63) is 51.9 Å². The number of Topliss-reactive ketones (excluding diaryl/α,β-unsaturated/α-hetero) is 1. The standard InChI is InChI=1S/C14H15ClN2O2/c1-9(15)13(18)12-10(2)16(3)17(14(12)19)11-7-5-4-6-8-11/h4-9H,1-3H3. The lowest BCUT2D eigenvalue weighted by Crippen LogP contribution is -2.24. The zero-order valence-corrected chi connectivity index (χ0v) is 11.8. The molecule has 1 heterocycles. The predicted octanol–water partition coefficient (Wildman–Crippen LogP) is 2.29. The van der Waals surface area contributed by atoms with Gasteiger partial charge < -0.3 is 0 Å². The Balaban J connectivity index is 2.70.